The molecule has 1 fully saturated rings. The van der Waals surface area contributed by atoms with Crippen LogP contribution >= 0.6 is 15.9 Å². The van der Waals surface area contributed by atoms with Gasteiger partial charge in [-0.1, -0.05) is 22.0 Å². The van der Waals surface area contributed by atoms with Crippen molar-refractivity contribution < 1.29 is 4.74 Å². The Hall–Kier alpha value is -0.540. The van der Waals surface area contributed by atoms with Gasteiger partial charge in [-0.05, 0) is 38.8 Å². The van der Waals surface area contributed by atoms with Gasteiger partial charge in [0, 0.05) is 22.6 Å². The van der Waals surface area contributed by atoms with E-state index in [2.05, 4.69) is 41.2 Å². The molecule has 2 rings (SSSR count). The summed E-state index contributed by atoms with van der Waals surface area (Å²) >= 11 is 3.59. The average molecular weight is 284 g/mol. The normalized spacial score (nSPS) is 15.5. The van der Waals surface area contributed by atoms with E-state index in [9.17, 15) is 0 Å². The Morgan fingerprint density at radius 3 is 2.81 bits per heavy atom. The van der Waals surface area contributed by atoms with E-state index < -0.39 is 0 Å². The van der Waals surface area contributed by atoms with Crippen LogP contribution in [0.5, 0.6) is 5.75 Å². The summed E-state index contributed by atoms with van der Waals surface area (Å²) in [5.41, 5.74) is 1.23. The highest BCUT2D eigenvalue weighted by Gasteiger charge is 2.21. The van der Waals surface area contributed by atoms with Crippen LogP contribution < -0.4 is 10.1 Å². The van der Waals surface area contributed by atoms with Crippen molar-refractivity contribution in [3.05, 3.63) is 28.2 Å². The van der Waals surface area contributed by atoms with Crippen LogP contribution in [-0.2, 0) is 6.54 Å². The summed E-state index contributed by atoms with van der Waals surface area (Å²) in [5, 5.41) is 3.52. The average Bonchev–Trinajstić information content (AvgIpc) is 2.99. The first kappa shape index (κ1) is 11.9. The first-order valence-electron chi connectivity index (χ1n) is 5.84. The second-order valence-electron chi connectivity index (χ2n) is 4.54. The lowest BCUT2D eigenvalue weighted by Gasteiger charge is -2.16. The Balaban J connectivity index is 2.10. The molecule has 2 nitrogen and oxygen atoms in total. The Labute approximate surface area is 106 Å². The minimum atomic E-state index is 0.217. The summed E-state index contributed by atoms with van der Waals surface area (Å²) in [6.45, 7) is 4.99. The van der Waals surface area contributed by atoms with Crippen molar-refractivity contribution in [3.63, 3.8) is 0 Å². The third kappa shape index (κ3) is 3.22. The van der Waals surface area contributed by atoms with E-state index >= 15 is 0 Å². The van der Waals surface area contributed by atoms with Gasteiger partial charge in [0.15, 0.2) is 0 Å². The lowest BCUT2D eigenvalue weighted by Crippen LogP contribution is -2.17. The Morgan fingerprint density at radius 2 is 2.19 bits per heavy atom. The summed E-state index contributed by atoms with van der Waals surface area (Å²) in [4.78, 5) is 0. The van der Waals surface area contributed by atoms with Crippen molar-refractivity contribution in [2.24, 2.45) is 0 Å². The molecule has 16 heavy (non-hydrogen) atoms. The molecule has 1 N–H and O–H groups in total. The first-order chi connectivity index (χ1) is 7.66. The lowest BCUT2D eigenvalue weighted by molar-refractivity contribution is 0.239. The highest BCUT2D eigenvalue weighted by molar-refractivity contribution is 9.10. The maximum atomic E-state index is 5.81. The minimum Gasteiger partial charge on any atom is -0.491 e. The molecule has 0 saturated heterocycles. The lowest BCUT2D eigenvalue weighted by atomic mass is 10.2. The number of benzene rings is 1. The summed E-state index contributed by atoms with van der Waals surface area (Å²) in [6, 6.07) is 6.84. The third-order valence-electron chi connectivity index (χ3n) is 2.58. The quantitative estimate of drug-likeness (QED) is 0.893. The maximum Gasteiger partial charge on any atom is 0.125 e. The van der Waals surface area contributed by atoms with Gasteiger partial charge in [0.1, 0.15) is 5.75 Å². The van der Waals surface area contributed by atoms with Crippen LogP contribution in [-0.4, -0.2) is 12.1 Å². The monoisotopic (exact) mass is 283 g/mol. The number of ether oxygens (including phenoxy) is 1. The number of hydrogen-bond acceptors (Lipinski definition) is 2. The molecule has 0 heterocycles. The topological polar surface area (TPSA) is 21.3 Å². The van der Waals surface area contributed by atoms with E-state index in [1.165, 1.54) is 18.4 Å². The van der Waals surface area contributed by atoms with E-state index in [4.69, 9.17) is 4.74 Å². The molecule has 1 aliphatic rings. The minimum absolute atomic E-state index is 0.217. The Kier molecular flexibility index (Phi) is 3.87. The second kappa shape index (κ2) is 5.19. The number of halogens is 1. The van der Waals surface area contributed by atoms with Crippen LogP contribution in [0.1, 0.15) is 32.3 Å². The van der Waals surface area contributed by atoms with Crippen LogP contribution in [0.2, 0.25) is 0 Å². The van der Waals surface area contributed by atoms with E-state index in [1.807, 2.05) is 12.1 Å². The fourth-order valence-electron chi connectivity index (χ4n) is 1.61. The van der Waals surface area contributed by atoms with Crippen LogP contribution in [0.25, 0.3) is 0 Å². The van der Waals surface area contributed by atoms with Gasteiger partial charge in [-0.3, -0.25) is 0 Å². The molecule has 0 atom stereocenters. The zero-order valence-electron chi connectivity index (χ0n) is 9.79. The molecule has 1 aromatic rings. The van der Waals surface area contributed by atoms with E-state index in [1.54, 1.807) is 0 Å². The van der Waals surface area contributed by atoms with Crippen molar-refractivity contribution in [1.29, 1.82) is 0 Å². The third-order valence-corrected chi connectivity index (χ3v) is 3.33. The summed E-state index contributed by atoms with van der Waals surface area (Å²) in [5.74, 6) is 0.984. The number of hydrogen-bond donors (Lipinski definition) is 1. The zero-order chi connectivity index (χ0) is 11.5. The van der Waals surface area contributed by atoms with Gasteiger partial charge >= 0.3 is 0 Å². The standard InChI is InChI=1S/C13H18BrNO/c1-9(2)16-13-5-3-4-12(14)11(13)8-15-10-6-7-10/h3-5,9-10,15H,6-8H2,1-2H3. The van der Waals surface area contributed by atoms with Gasteiger partial charge < -0.3 is 10.1 Å². The fraction of sp³-hybridized carbons (Fsp3) is 0.538. The summed E-state index contributed by atoms with van der Waals surface area (Å²) in [6.07, 6.45) is 2.84. The van der Waals surface area contributed by atoms with Crippen LogP contribution in [0.15, 0.2) is 22.7 Å². The van der Waals surface area contributed by atoms with Crippen LogP contribution in [0.4, 0.5) is 0 Å². The van der Waals surface area contributed by atoms with E-state index in [0.29, 0.717) is 0 Å². The maximum absolute atomic E-state index is 5.81. The van der Waals surface area contributed by atoms with E-state index in [-0.39, 0.29) is 6.10 Å². The molecule has 0 spiro atoms. The van der Waals surface area contributed by atoms with Crippen LogP contribution in [0, 0.1) is 0 Å². The molecule has 0 amide bonds. The second-order valence-corrected chi connectivity index (χ2v) is 5.39. The molecular formula is C13H18BrNO. The van der Waals surface area contributed by atoms with Crippen molar-refractivity contribution >= 4 is 15.9 Å². The fourth-order valence-corrected chi connectivity index (χ4v) is 2.10. The molecule has 88 valence electrons. The highest BCUT2D eigenvalue weighted by Crippen LogP contribution is 2.29. The zero-order valence-corrected chi connectivity index (χ0v) is 11.4. The van der Waals surface area contributed by atoms with E-state index in [0.717, 1.165) is 22.8 Å². The van der Waals surface area contributed by atoms with Gasteiger partial charge in [-0.15, -0.1) is 0 Å². The molecular weight excluding hydrogens is 266 g/mol. The number of rotatable bonds is 5. The highest BCUT2D eigenvalue weighted by atomic mass is 79.9. The number of nitrogens with one attached hydrogen (secondary N) is 1. The van der Waals surface area contributed by atoms with Crippen LogP contribution in [0.3, 0.4) is 0 Å². The first-order valence-corrected chi connectivity index (χ1v) is 6.63. The SMILES string of the molecule is CC(C)Oc1cccc(Br)c1CNC1CC1. The molecule has 0 radical (unpaired) electrons. The Bertz CT molecular complexity index is 361. The Morgan fingerprint density at radius 1 is 1.44 bits per heavy atom. The summed E-state index contributed by atoms with van der Waals surface area (Å²) in [7, 11) is 0. The van der Waals surface area contributed by atoms with Crippen molar-refractivity contribution in [2.45, 2.75) is 45.4 Å². The van der Waals surface area contributed by atoms with Gasteiger partial charge in [0.05, 0.1) is 6.10 Å². The molecule has 3 heteroatoms. The molecule has 1 aliphatic carbocycles. The smallest absolute Gasteiger partial charge is 0.125 e. The molecule has 0 aliphatic heterocycles. The molecule has 0 bridgehead atoms. The van der Waals surface area contributed by atoms with Gasteiger partial charge in [0.2, 0.25) is 0 Å². The predicted octanol–water partition coefficient (Wildman–Crippen LogP) is 3.49. The van der Waals surface area contributed by atoms with Gasteiger partial charge in [-0.25, -0.2) is 0 Å². The predicted molar refractivity (Wildman–Crippen MR) is 69.8 cm³/mol. The van der Waals surface area contributed by atoms with Gasteiger partial charge in [0.25, 0.3) is 0 Å². The molecule has 1 saturated carbocycles. The molecule has 0 unspecified atom stereocenters. The van der Waals surface area contributed by atoms with Crippen molar-refractivity contribution in [3.8, 4) is 5.75 Å². The molecule has 1 aromatic carbocycles. The van der Waals surface area contributed by atoms with Crippen molar-refractivity contribution in [1.82, 2.24) is 5.32 Å². The van der Waals surface area contributed by atoms with Crippen molar-refractivity contribution in [2.75, 3.05) is 0 Å². The molecule has 0 aromatic heterocycles. The summed E-state index contributed by atoms with van der Waals surface area (Å²) < 4.78 is 6.93. The largest absolute Gasteiger partial charge is 0.491 e. The van der Waals surface area contributed by atoms with Gasteiger partial charge in [-0.2, -0.15) is 0 Å².